The second kappa shape index (κ2) is 9.70. The van der Waals surface area contributed by atoms with E-state index in [1.165, 1.54) is 13.2 Å². The fraction of sp³-hybridized carbons (Fsp3) is 0.520. The number of hydrogen-bond donors (Lipinski definition) is 2. The zero-order valence-corrected chi connectivity index (χ0v) is 21.4. The molecule has 1 atom stereocenters. The maximum Gasteiger partial charge on any atom is 0.416 e. The van der Waals surface area contributed by atoms with Crippen molar-refractivity contribution in [3.63, 3.8) is 0 Å². The van der Waals surface area contributed by atoms with Gasteiger partial charge in [-0.05, 0) is 30.7 Å². The molecule has 5 rings (SSSR count). The van der Waals surface area contributed by atoms with E-state index in [4.69, 9.17) is 15.2 Å². The van der Waals surface area contributed by atoms with E-state index in [0.717, 1.165) is 23.4 Å². The summed E-state index contributed by atoms with van der Waals surface area (Å²) in [6.45, 7) is 5.10. The van der Waals surface area contributed by atoms with Gasteiger partial charge in [0.05, 0.1) is 30.4 Å². The van der Waals surface area contributed by atoms with Gasteiger partial charge in [0.1, 0.15) is 11.6 Å². The van der Waals surface area contributed by atoms with Crippen LogP contribution in [-0.4, -0.2) is 56.3 Å². The number of aromatic nitrogens is 4. The molecule has 3 N–H and O–H groups in total. The van der Waals surface area contributed by atoms with Crippen LogP contribution >= 0.6 is 0 Å². The zero-order valence-electron chi connectivity index (χ0n) is 21.4. The average Bonchev–Trinajstić information content (AvgIpc) is 3.52. The standard InChI is InChI=1S/C25H30F3N7O3/c1-4-20-32-33-23-31-21(30-14(2)15-9-16(25(26,27)28)11-17(29)10-15)18-12-34(13-19(18)35(20)23)22(36)24(37-3)5-7-38-8-6-24/h9-11,14H,4-8,12-13,29H2,1-3H3,(H,30,31,33)/t14-/m1/s1. The molecule has 0 aliphatic carbocycles. The summed E-state index contributed by atoms with van der Waals surface area (Å²) in [6, 6.07) is 2.91. The number of rotatable bonds is 6. The van der Waals surface area contributed by atoms with E-state index in [1.807, 2.05) is 11.3 Å². The number of alkyl halides is 3. The maximum atomic E-state index is 13.7. The van der Waals surface area contributed by atoms with Crippen molar-refractivity contribution in [2.75, 3.05) is 31.4 Å². The highest BCUT2D eigenvalue weighted by atomic mass is 19.4. The van der Waals surface area contributed by atoms with E-state index in [9.17, 15) is 18.0 Å². The molecule has 0 radical (unpaired) electrons. The van der Waals surface area contributed by atoms with Crippen molar-refractivity contribution < 1.29 is 27.4 Å². The Hall–Kier alpha value is -3.45. The number of ether oxygens (including phenoxy) is 2. The van der Waals surface area contributed by atoms with Crippen LogP contribution in [0.15, 0.2) is 18.2 Å². The summed E-state index contributed by atoms with van der Waals surface area (Å²) in [5, 5.41) is 11.7. The number of nitrogens with two attached hydrogens (primary N) is 1. The second-order valence-electron chi connectivity index (χ2n) is 9.71. The fourth-order valence-corrected chi connectivity index (χ4v) is 5.22. The molecule has 1 aromatic carbocycles. The van der Waals surface area contributed by atoms with E-state index >= 15 is 0 Å². The first kappa shape index (κ1) is 26.2. The van der Waals surface area contributed by atoms with Crippen LogP contribution in [0.3, 0.4) is 0 Å². The molecule has 0 saturated carbocycles. The van der Waals surface area contributed by atoms with Gasteiger partial charge in [0.15, 0.2) is 5.60 Å². The lowest BCUT2D eigenvalue weighted by Crippen LogP contribution is -2.51. The third-order valence-corrected chi connectivity index (χ3v) is 7.36. The molecule has 204 valence electrons. The number of hydrogen-bond acceptors (Lipinski definition) is 8. The van der Waals surface area contributed by atoms with Crippen LogP contribution < -0.4 is 11.1 Å². The van der Waals surface area contributed by atoms with Crippen molar-refractivity contribution in [2.24, 2.45) is 0 Å². The van der Waals surface area contributed by atoms with E-state index < -0.39 is 23.4 Å². The van der Waals surface area contributed by atoms with Gasteiger partial charge in [-0.15, -0.1) is 10.2 Å². The first-order valence-electron chi connectivity index (χ1n) is 12.5. The van der Waals surface area contributed by atoms with Gasteiger partial charge in [-0.25, -0.2) is 0 Å². The molecular formula is C25H30F3N7O3. The number of aryl methyl sites for hydroxylation is 1. The molecule has 10 nitrogen and oxygen atoms in total. The van der Waals surface area contributed by atoms with Crippen LogP contribution in [0.4, 0.5) is 24.7 Å². The van der Waals surface area contributed by atoms with Crippen molar-refractivity contribution in [3.05, 3.63) is 46.4 Å². The SMILES string of the molecule is CCc1nnc2nc(N[C@H](C)c3cc(N)cc(C(F)(F)F)c3)c3c(n12)CN(C(=O)C1(OC)CCOCC1)C3. The van der Waals surface area contributed by atoms with E-state index in [1.54, 1.807) is 11.8 Å². The highest BCUT2D eigenvalue weighted by Crippen LogP contribution is 2.37. The minimum atomic E-state index is -4.53. The Labute approximate surface area is 217 Å². The molecule has 3 aromatic rings. The first-order valence-corrected chi connectivity index (χ1v) is 12.5. The summed E-state index contributed by atoms with van der Waals surface area (Å²) < 4.78 is 53.2. The molecule has 38 heavy (non-hydrogen) atoms. The van der Waals surface area contributed by atoms with Gasteiger partial charge in [-0.2, -0.15) is 18.2 Å². The van der Waals surface area contributed by atoms with Crippen LogP contribution in [0.25, 0.3) is 5.78 Å². The zero-order chi connectivity index (χ0) is 27.2. The van der Waals surface area contributed by atoms with Gasteiger partial charge in [-0.1, -0.05) is 6.92 Å². The minimum Gasteiger partial charge on any atom is -0.399 e. The topological polar surface area (TPSA) is 120 Å². The fourth-order valence-electron chi connectivity index (χ4n) is 5.22. The maximum absolute atomic E-state index is 13.7. The summed E-state index contributed by atoms with van der Waals surface area (Å²) in [5.41, 5.74) is 5.93. The van der Waals surface area contributed by atoms with Crippen LogP contribution in [0, 0.1) is 0 Å². The number of methoxy groups -OCH3 is 1. The van der Waals surface area contributed by atoms with Gasteiger partial charge in [0.25, 0.3) is 11.7 Å². The number of nitrogen functional groups attached to an aromatic ring is 1. The van der Waals surface area contributed by atoms with Crippen molar-refractivity contribution >= 4 is 23.2 Å². The Bertz CT molecular complexity index is 1370. The van der Waals surface area contributed by atoms with Crippen LogP contribution in [0.1, 0.15) is 60.9 Å². The Morgan fingerprint density at radius 1 is 1.24 bits per heavy atom. The highest BCUT2D eigenvalue weighted by molar-refractivity contribution is 5.86. The highest BCUT2D eigenvalue weighted by Gasteiger charge is 2.45. The Balaban J connectivity index is 1.51. The van der Waals surface area contributed by atoms with Crippen molar-refractivity contribution in [1.82, 2.24) is 24.5 Å². The quantitative estimate of drug-likeness (QED) is 0.462. The van der Waals surface area contributed by atoms with Gasteiger partial charge >= 0.3 is 6.18 Å². The number of nitrogens with one attached hydrogen (secondary N) is 1. The number of amides is 1. The Kier molecular flexibility index (Phi) is 6.68. The average molecular weight is 534 g/mol. The van der Waals surface area contributed by atoms with Crippen LogP contribution in [-0.2, 0) is 40.0 Å². The van der Waals surface area contributed by atoms with Gasteiger partial charge in [0, 0.05) is 50.8 Å². The molecular weight excluding hydrogens is 503 g/mol. The van der Waals surface area contributed by atoms with Crippen molar-refractivity contribution in [1.29, 1.82) is 0 Å². The van der Waals surface area contributed by atoms with Gasteiger partial charge in [-0.3, -0.25) is 9.20 Å². The number of carbonyl (C=O) groups is 1. The number of nitrogens with zero attached hydrogens (tertiary/aromatic N) is 5. The summed E-state index contributed by atoms with van der Waals surface area (Å²) in [7, 11) is 1.54. The largest absolute Gasteiger partial charge is 0.416 e. The molecule has 2 aliphatic heterocycles. The lowest BCUT2D eigenvalue weighted by Gasteiger charge is -2.37. The van der Waals surface area contributed by atoms with Crippen LogP contribution in [0.2, 0.25) is 0 Å². The Morgan fingerprint density at radius 3 is 2.63 bits per heavy atom. The lowest BCUT2D eigenvalue weighted by molar-refractivity contribution is -0.167. The van der Waals surface area contributed by atoms with Crippen molar-refractivity contribution in [2.45, 2.75) is 64.0 Å². The molecule has 1 amide bonds. The van der Waals surface area contributed by atoms with Crippen LogP contribution in [0.5, 0.6) is 0 Å². The molecule has 2 aromatic heterocycles. The summed E-state index contributed by atoms with van der Waals surface area (Å²) >= 11 is 0. The summed E-state index contributed by atoms with van der Waals surface area (Å²) in [6.07, 6.45) is -3.01. The lowest BCUT2D eigenvalue weighted by atomic mass is 9.92. The number of fused-ring (bicyclic) bond motifs is 3. The monoisotopic (exact) mass is 533 g/mol. The Morgan fingerprint density at radius 2 is 1.97 bits per heavy atom. The minimum absolute atomic E-state index is 0.0141. The van der Waals surface area contributed by atoms with E-state index in [2.05, 4.69) is 20.5 Å². The molecule has 13 heteroatoms. The molecule has 0 spiro atoms. The molecule has 0 bridgehead atoms. The van der Waals surface area contributed by atoms with Gasteiger partial charge < -0.3 is 25.4 Å². The predicted octanol–water partition coefficient (Wildman–Crippen LogP) is 3.50. The van der Waals surface area contributed by atoms with E-state index in [-0.39, 0.29) is 18.1 Å². The summed E-state index contributed by atoms with van der Waals surface area (Å²) in [5.74, 6) is 1.35. The molecule has 1 saturated heterocycles. The smallest absolute Gasteiger partial charge is 0.399 e. The first-order chi connectivity index (χ1) is 18.1. The molecule has 4 heterocycles. The number of halogens is 3. The third kappa shape index (κ3) is 4.53. The molecule has 1 fully saturated rings. The predicted molar refractivity (Wildman–Crippen MR) is 132 cm³/mol. The second-order valence-corrected chi connectivity index (χ2v) is 9.71. The molecule has 2 aliphatic rings. The summed E-state index contributed by atoms with van der Waals surface area (Å²) in [4.78, 5) is 20.1. The number of anilines is 2. The molecule has 0 unspecified atom stereocenters. The van der Waals surface area contributed by atoms with E-state index in [0.29, 0.717) is 62.0 Å². The normalized spacial score (nSPS) is 18.0. The number of benzene rings is 1. The third-order valence-electron chi connectivity index (χ3n) is 7.36. The number of carbonyl (C=O) groups excluding carboxylic acids is 1. The van der Waals surface area contributed by atoms with Crippen molar-refractivity contribution in [3.8, 4) is 0 Å². The van der Waals surface area contributed by atoms with Gasteiger partial charge in [0.2, 0.25) is 0 Å².